The molecular formula is C14H13Cl2NO3. The van der Waals surface area contributed by atoms with Crippen LogP contribution in [0, 0.1) is 0 Å². The second-order valence-electron chi connectivity index (χ2n) is 4.45. The quantitative estimate of drug-likeness (QED) is 0.671. The van der Waals surface area contributed by atoms with E-state index in [0.717, 1.165) is 12.8 Å². The van der Waals surface area contributed by atoms with Gasteiger partial charge in [0.2, 0.25) is 0 Å². The molecule has 0 heterocycles. The van der Waals surface area contributed by atoms with Crippen molar-refractivity contribution in [3.05, 3.63) is 39.9 Å². The fourth-order valence-corrected chi connectivity index (χ4v) is 1.95. The maximum Gasteiger partial charge on any atom is 0.331 e. The van der Waals surface area contributed by atoms with E-state index in [9.17, 15) is 9.59 Å². The summed E-state index contributed by atoms with van der Waals surface area (Å²) in [5.41, 5.74) is 0.649. The molecule has 0 aromatic heterocycles. The van der Waals surface area contributed by atoms with Crippen LogP contribution in [-0.4, -0.2) is 24.5 Å². The number of ether oxygens (including phenoxy) is 1. The first kappa shape index (κ1) is 14.9. The molecule has 0 aliphatic heterocycles. The van der Waals surface area contributed by atoms with Gasteiger partial charge in [0, 0.05) is 22.2 Å². The zero-order chi connectivity index (χ0) is 14.5. The van der Waals surface area contributed by atoms with Crippen LogP contribution >= 0.6 is 23.2 Å². The Labute approximate surface area is 126 Å². The molecule has 1 aliphatic rings. The average molecular weight is 314 g/mol. The molecule has 1 amide bonds. The van der Waals surface area contributed by atoms with Gasteiger partial charge in [-0.3, -0.25) is 4.79 Å². The van der Waals surface area contributed by atoms with Crippen LogP contribution in [0.1, 0.15) is 18.4 Å². The van der Waals surface area contributed by atoms with E-state index in [1.165, 1.54) is 12.2 Å². The first-order valence-electron chi connectivity index (χ1n) is 6.14. The number of hydrogen-bond donors (Lipinski definition) is 1. The Morgan fingerprint density at radius 3 is 2.75 bits per heavy atom. The second kappa shape index (κ2) is 6.77. The lowest BCUT2D eigenvalue weighted by atomic mass is 10.2. The zero-order valence-electron chi connectivity index (χ0n) is 10.6. The number of hydrogen-bond acceptors (Lipinski definition) is 3. The van der Waals surface area contributed by atoms with Gasteiger partial charge in [-0.1, -0.05) is 29.3 Å². The van der Waals surface area contributed by atoms with Crippen LogP contribution in [0.3, 0.4) is 0 Å². The highest BCUT2D eigenvalue weighted by Gasteiger charge is 2.23. The summed E-state index contributed by atoms with van der Waals surface area (Å²) in [5, 5.41) is 3.68. The van der Waals surface area contributed by atoms with Crippen molar-refractivity contribution in [3.8, 4) is 0 Å². The molecule has 1 aromatic carbocycles. The molecule has 2 rings (SSSR count). The Balaban J connectivity index is 1.80. The first-order chi connectivity index (χ1) is 9.54. The van der Waals surface area contributed by atoms with E-state index >= 15 is 0 Å². The number of esters is 1. The highest BCUT2D eigenvalue weighted by Crippen LogP contribution is 2.22. The normalized spacial score (nSPS) is 14.3. The zero-order valence-corrected chi connectivity index (χ0v) is 12.1. The Morgan fingerprint density at radius 1 is 1.35 bits per heavy atom. The van der Waals surface area contributed by atoms with Gasteiger partial charge in [-0.2, -0.15) is 0 Å². The highest BCUT2D eigenvalue weighted by molar-refractivity contribution is 6.35. The van der Waals surface area contributed by atoms with Gasteiger partial charge in [-0.05, 0) is 36.6 Å². The largest absolute Gasteiger partial charge is 0.452 e. The topological polar surface area (TPSA) is 55.4 Å². The van der Waals surface area contributed by atoms with Gasteiger partial charge in [-0.15, -0.1) is 0 Å². The molecule has 20 heavy (non-hydrogen) atoms. The third-order valence-electron chi connectivity index (χ3n) is 2.65. The summed E-state index contributed by atoms with van der Waals surface area (Å²) in [5.74, 6) is -0.874. The molecule has 0 atom stereocenters. The Hall–Kier alpha value is -1.52. The van der Waals surface area contributed by atoms with Gasteiger partial charge in [0.25, 0.3) is 5.91 Å². The van der Waals surface area contributed by atoms with Crippen molar-refractivity contribution >= 4 is 41.2 Å². The summed E-state index contributed by atoms with van der Waals surface area (Å²) >= 11 is 11.7. The Morgan fingerprint density at radius 2 is 2.10 bits per heavy atom. The molecule has 1 saturated carbocycles. The molecule has 0 bridgehead atoms. The molecule has 1 N–H and O–H groups in total. The molecule has 6 heteroatoms. The fourth-order valence-electron chi connectivity index (χ4n) is 1.48. The number of carbonyl (C=O) groups is 2. The van der Waals surface area contributed by atoms with E-state index in [-0.39, 0.29) is 18.6 Å². The van der Waals surface area contributed by atoms with Gasteiger partial charge in [-0.25, -0.2) is 4.79 Å². The van der Waals surface area contributed by atoms with Gasteiger partial charge >= 0.3 is 5.97 Å². The van der Waals surface area contributed by atoms with Crippen molar-refractivity contribution in [1.82, 2.24) is 5.32 Å². The van der Waals surface area contributed by atoms with Crippen LogP contribution < -0.4 is 5.32 Å². The van der Waals surface area contributed by atoms with Crippen molar-refractivity contribution in [3.63, 3.8) is 0 Å². The van der Waals surface area contributed by atoms with Crippen LogP contribution in [0.15, 0.2) is 24.3 Å². The number of amides is 1. The molecule has 0 radical (unpaired) electrons. The van der Waals surface area contributed by atoms with Crippen LogP contribution in [0.25, 0.3) is 6.08 Å². The van der Waals surface area contributed by atoms with Gasteiger partial charge in [0.05, 0.1) is 0 Å². The second-order valence-corrected chi connectivity index (χ2v) is 5.29. The van der Waals surface area contributed by atoms with Crippen molar-refractivity contribution in [2.45, 2.75) is 18.9 Å². The maximum absolute atomic E-state index is 11.4. The lowest BCUT2D eigenvalue weighted by Gasteiger charge is -2.03. The van der Waals surface area contributed by atoms with Crippen LogP contribution in [0.4, 0.5) is 0 Å². The smallest absolute Gasteiger partial charge is 0.331 e. The minimum Gasteiger partial charge on any atom is -0.452 e. The summed E-state index contributed by atoms with van der Waals surface area (Å²) in [6.07, 6.45) is 4.72. The monoisotopic (exact) mass is 313 g/mol. The van der Waals surface area contributed by atoms with E-state index in [4.69, 9.17) is 27.9 Å². The first-order valence-corrected chi connectivity index (χ1v) is 6.89. The average Bonchev–Trinajstić information content (AvgIpc) is 3.19. The third kappa shape index (κ3) is 4.87. The van der Waals surface area contributed by atoms with E-state index in [0.29, 0.717) is 15.6 Å². The summed E-state index contributed by atoms with van der Waals surface area (Å²) in [7, 11) is 0. The van der Waals surface area contributed by atoms with Crippen molar-refractivity contribution in [2.24, 2.45) is 0 Å². The highest BCUT2D eigenvalue weighted by atomic mass is 35.5. The predicted molar refractivity (Wildman–Crippen MR) is 77.6 cm³/mol. The Bertz CT molecular complexity index is 553. The molecule has 1 aromatic rings. The molecule has 1 fully saturated rings. The molecule has 0 saturated heterocycles. The number of nitrogens with one attached hydrogen (secondary N) is 1. The van der Waals surface area contributed by atoms with Crippen molar-refractivity contribution in [1.29, 1.82) is 0 Å². The number of halogens is 2. The van der Waals surface area contributed by atoms with Gasteiger partial charge in [0.1, 0.15) is 0 Å². The number of rotatable bonds is 5. The van der Waals surface area contributed by atoms with Crippen molar-refractivity contribution < 1.29 is 14.3 Å². The fraction of sp³-hybridized carbons (Fsp3) is 0.286. The summed E-state index contributed by atoms with van der Waals surface area (Å²) < 4.78 is 4.81. The van der Waals surface area contributed by atoms with Crippen molar-refractivity contribution in [2.75, 3.05) is 6.61 Å². The Kier molecular flexibility index (Phi) is 5.04. The van der Waals surface area contributed by atoms with E-state index in [1.54, 1.807) is 18.2 Å². The summed E-state index contributed by atoms with van der Waals surface area (Å²) in [6, 6.07) is 5.19. The molecule has 0 unspecified atom stereocenters. The molecule has 4 nitrogen and oxygen atoms in total. The molecular weight excluding hydrogens is 301 g/mol. The third-order valence-corrected chi connectivity index (χ3v) is 3.21. The lowest BCUT2D eigenvalue weighted by Crippen LogP contribution is -2.30. The predicted octanol–water partition coefficient (Wildman–Crippen LogP) is 2.83. The summed E-state index contributed by atoms with van der Waals surface area (Å²) in [4.78, 5) is 22.8. The maximum atomic E-state index is 11.4. The van der Waals surface area contributed by atoms with E-state index in [1.807, 2.05) is 0 Å². The van der Waals surface area contributed by atoms with Gasteiger partial charge < -0.3 is 10.1 Å². The van der Waals surface area contributed by atoms with Crippen LogP contribution in [-0.2, 0) is 14.3 Å². The van der Waals surface area contributed by atoms with Gasteiger partial charge in [0.15, 0.2) is 6.61 Å². The molecule has 0 spiro atoms. The SMILES string of the molecule is O=C(COC(=O)/C=C/c1ccc(Cl)cc1Cl)NC1CC1. The molecule has 1 aliphatic carbocycles. The molecule has 106 valence electrons. The summed E-state index contributed by atoms with van der Waals surface area (Å²) in [6.45, 7) is -0.270. The number of benzene rings is 1. The van der Waals surface area contributed by atoms with Crippen LogP contribution in [0.2, 0.25) is 10.0 Å². The lowest BCUT2D eigenvalue weighted by molar-refractivity contribution is -0.143. The number of carbonyl (C=O) groups excluding carboxylic acids is 2. The minimum atomic E-state index is -0.595. The van der Waals surface area contributed by atoms with Crippen LogP contribution in [0.5, 0.6) is 0 Å². The van der Waals surface area contributed by atoms with E-state index < -0.39 is 5.97 Å². The van der Waals surface area contributed by atoms with E-state index in [2.05, 4.69) is 5.32 Å². The standard InChI is InChI=1S/C14H13Cl2NO3/c15-10-3-1-9(12(16)7-10)2-6-14(19)20-8-13(18)17-11-4-5-11/h1-3,6-7,11H,4-5,8H2,(H,17,18)/b6-2+. The minimum absolute atomic E-state index is 0.254.